The first-order valence-corrected chi connectivity index (χ1v) is 7.48. The highest BCUT2D eigenvalue weighted by molar-refractivity contribution is 6.28. The minimum atomic E-state index is 0.381. The van der Waals surface area contributed by atoms with Crippen molar-refractivity contribution >= 4 is 11.6 Å². The van der Waals surface area contributed by atoms with Crippen molar-refractivity contribution in [3.63, 3.8) is 0 Å². The van der Waals surface area contributed by atoms with E-state index in [-0.39, 0.29) is 0 Å². The van der Waals surface area contributed by atoms with Crippen LogP contribution in [0.2, 0.25) is 5.28 Å². The molecule has 0 aliphatic rings. The molecule has 0 aliphatic carbocycles. The molecule has 0 spiro atoms. The second kappa shape index (κ2) is 7.78. The van der Waals surface area contributed by atoms with E-state index in [4.69, 9.17) is 11.6 Å². The van der Waals surface area contributed by atoms with E-state index in [1.807, 2.05) is 0 Å². The Bertz CT molecular complexity index is 345. The fourth-order valence-corrected chi connectivity index (χ4v) is 2.31. The summed E-state index contributed by atoms with van der Waals surface area (Å²) < 4.78 is 2.05. The van der Waals surface area contributed by atoms with Gasteiger partial charge in [0.15, 0.2) is 0 Å². The molecule has 0 unspecified atom stereocenters. The Labute approximate surface area is 116 Å². The smallest absolute Gasteiger partial charge is 0.225 e. The molecule has 4 heteroatoms. The number of rotatable bonds is 8. The second-order valence-electron chi connectivity index (χ2n) is 5.73. The van der Waals surface area contributed by atoms with E-state index in [0.29, 0.717) is 11.2 Å². The molecule has 0 saturated heterocycles. The fourth-order valence-electron chi connectivity index (χ4n) is 2.10. The van der Waals surface area contributed by atoms with Crippen LogP contribution in [0.15, 0.2) is 0 Å². The number of aromatic nitrogens is 3. The predicted molar refractivity (Wildman–Crippen MR) is 77.0 cm³/mol. The maximum Gasteiger partial charge on any atom is 0.225 e. The van der Waals surface area contributed by atoms with Crippen LogP contribution in [0.1, 0.15) is 71.5 Å². The first-order chi connectivity index (χ1) is 8.52. The van der Waals surface area contributed by atoms with Crippen LogP contribution in [0, 0.1) is 5.92 Å². The summed E-state index contributed by atoms with van der Waals surface area (Å²) in [6.07, 6.45) is 6.42. The van der Waals surface area contributed by atoms with E-state index in [1.165, 1.54) is 25.7 Å². The van der Waals surface area contributed by atoms with Crippen molar-refractivity contribution in [2.24, 2.45) is 5.92 Å². The molecule has 3 nitrogen and oxygen atoms in total. The van der Waals surface area contributed by atoms with Gasteiger partial charge < -0.3 is 4.57 Å². The summed E-state index contributed by atoms with van der Waals surface area (Å²) in [5, 5.41) is 8.62. The van der Waals surface area contributed by atoms with Crippen molar-refractivity contribution in [1.29, 1.82) is 0 Å². The number of unbranched alkanes of at least 4 members (excludes halogenated alkanes) is 3. The summed E-state index contributed by atoms with van der Waals surface area (Å²) in [7, 11) is 0. The van der Waals surface area contributed by atoms with Gasteiger partial charge in [0.25, 0.3) is 0 Å². The average molecular weight is 272 g/mol. The Hall–Kier alpha value is -0.570. The molecule has 1 aromatic heterocycles. The lowest BCUT2D eigenvalue weighted by Gasteiger charge is -2.10. The molecule has 104 valence electrons. The lowest BCUT2D eigenvalue weighted by molar-refractivity contribution is 0.499. The lowest BCUT2D eigenvalue weighted by atomic mass is 10.0. The quantitative estimate of drug-likeness (QED) is 0.644. The Morgan fingerprint density at radius 1 is 1.00 bits per heavy atom. The van der Waals surface area contributed by atoms with E-state index in [9.17, 15) is 0 Å². The third-order valence-electron chi connectivity index (χ3n) is 3.16. The average Bonchev–Trinajstić information content (AvgIpc) is 2.65. The Balaban J connectivity index is 2.29. The molecule has 0 radical (unpaired) electrons. The Kier molecular flexibility index (Phi) is 6.69. The third-order valence-corrected chi connectivity index (χ3v) is 3.44. The van der Waals surface area contributed by atoms with Crippen molar-refractivity contribution in [3.05, 3.63) is 11.1 Å². The van der Waals surface area contributed by atoms with Gasteiger partial charge in [-0.2, -0.15) is 0 Å². The van der Waals surface area contributed by atoms with Crippen LogP contribution in [0.25, 0.3) is 0 Å². The van der Waals surface area contributed by atoms with Gasteiger partial charge in [0.1, 0.15) is 5.82 Å². The topological polar surface area (TPSA) is 30.7 Å². The maximum atomic E-state index is 6.06. The molecule has 18 heavy (non-hydrogen) atoms. The number of hydrogen-bond donors (Lipinski definition) is 0. The molecule has 1 aromatic rings. The van der Waals surface area contributed by atoms with Gasteiger partial charge in [0.05, 0.1) is 0 Å². The standard InChI is InChI=1S/C14H26ClN3/c1-11(2)9-7-5-6-8-10-18-13(12(3)4)16-17-14(18)15/h11-12H,5-10H2,1-4H3. The summed E-state index contributed by atoms with van der Waals surface area (Å²) in [6, 6.07) is 0. The first kappa shape index (κ1) is 15.5. The second-order valence-corrected chi connectivity index (χ2v) is 6.07. The van der Waals surface area contributed by atoms with Gasteiger partial charge >= 0.3 is 0 Å². The number of nitrogens with zero attached hydrogens (tertiary/aromatic N) is 3. The molecule has 1 rings (SSSR count). The van der Waals surface area contributed by atoms with Crippen LogP contribution in [-0.2, 0) is 6.54 Å². The number of hydrogen-bond acceptors (Lipinski definition) is 2. The van der Waals surface area contributed by atoms with Crippen molar-refractivity contribution in [1.82, 2.24) is 14.8 Å². The summed E-state index contributed by atoms with van der Waals surface area (Å²) in [4.78, 5) is 0. The molecular weight excluding hydrogens is 246 g/mol. The van der Waals surface area contributed by atoms with Crippen LogP contribution in [0.5, 0.6) is 0 Å². The molecule has 0 fully saturated rings. The summed E-state index contributed by atoms with van der Waals surface area (Å²) in [5.74, 6) is 2.21. The van der Waals surface area contributed by atoms with Crippen molar-refractivity contribution in [2.75, 3.05) is 0 Å². The molecule has 1 heterocycles. The highest BCUT2D eigenvalue weighted by Crippen LogP contribution is 2.18. The van der Waals surface area contributed by atoms with Gasteiger partial charge in [-0.3, -0.25) is 0 Å². The molecule has 0 aromatic carbocycles. The van der Waals surface area contributed by atoms with E-state index in [1.54, 1.807) is 0 Å². The van der Waals surface area contributed by atoms with Gasteiger partial charge in [-0.15, -0.1) is 10.2 Å². The van der Waals surface area contributed by atoms with Crippen LogP contribution < -0.4 is 0 Å². The van der Waals surface area contributed by atoms with Crippen molar-refractivity contribution in [2.45, 2.75) is 72.3 Å². The monoisotopic (exact) mass is 271 g/mol. The van der Waals surface area contributed by atoms with Gasteiger partial charge in [-0.25, -0.2) is 0 Å². The van der Waals surface area contributed by atoms with Crippen molar-refractivity contribution in [3.8, 4) is 0 Å². The van der Waals surface area contributed by atoms with E-state index in [0.717, 1.165) is 24.7 Å². The van der Waals surface area contributed by atoms with Crippen LogP contribution in [-0.4, -0.2) is 14.8 Å². The molecule has 0 saturated carbocycles. The van der Waals surface area contributed by atoms with Crippen LogP contribution >= 0.6 is 11.6 Å². The van der Waals surface area contributed by atoms with Crippen LogP contribution in [0.3, 0.4) is 0 Å². The summed E-state index contributed by atoms with van der Waals surface area (Å²) in [6.45, 7) is 9.76. The normalized spacial score (nSPS) is 11.7. The zero-order valence-corrected chi connectivity index (χ0v) is 12.9. The summed E-state index contributed by atoms with van der Waals surface area (Å²) >= 11 is 6.06. The minimum Gasteiger partial charge on any atom is -0.302 e. The summed E-state index contributed by atoms with van der Waals surface area (Å²) in [5.41, 5.74) is 0. The van der Waals surface area contributed by atoms with E-state index < -0.39 is 0 Å². The van der Waals surface area contributed by atoms with Gasteiger partial charge in [0, 0.05) is 12.5 Å². The lowest BCUT2D eigenvalue weighted by Crippen LogP contribution is -2.06. The van der Waals surface area contributed by atoms with Crippen LogP contribution in [0.4, 0.5) is 0 Å². The van der Waals surface area contributed by atoms with E-state index >= 15 is 0 Å². The molecule has 0 amide bonds. The first-order valence-electron chi connectivity index (χ1n) is 7.11. The third kappa shape index (κ3) is 4.97. The number of halogens is 1. The van der Waals surface area contributed by atoms with Gasteiger partial charge in [-0.1, -0.05) is 53.4 Å². The zero-order valence-electron chi connectivity index (χ0n) is 12.1. The molecule has 0 aliphatic heterocycles. The SMILES string of the molecule is CC(C)CCCCCCn1c(Cl)nnc1C(C)C. The minimum absolute atomic E-state index is 0.381. The largest absolute Gasteiger partial charge is 0.302 e. The van der Waals surface area contributed by atoms with E-state index in [2.05, 4.69) is 42.5 Å². The Morgan fingerprint density at radius 2 is 1.67 bits per heavy atom. The van der Waals surface area contributed by atoms with Crippen molar-refractivity contribution < 1.29 is 0 Å². The van der Waals surface area contributed by atoms with Gasteiger partial charge in [-0.05, 0) is 23.9 Å². The molecule has 0 N–H and O–H groups in total. The highest BCUT2D eigenvalue weighted by Gasteiger charge is 2.12. The zero-order chi connectivity index (χ0) is 13.5. The maximum absolute atomic E-state index is 6.06. The van der Waals surface area contributed by atoms with Gasteiger partial charge in [0.2, 0.25) is 5.28 Å². The highest BCUT2D eigenvalue weighted by atomic mass is 35.5. The molecule has 0 bridgehead atoms. The fraction of sp³-hybridized carbons (Fsp3) is 0.857. The Morgan fingerprint density at radius 3 is 2.28 bits per heavy atom. The molecule has 0 atom stereocenters. The predicted octanol–water partition coefficient (Wildman–Crippen LogP) is 4.66. The molecular formula is C14H26ClN3.